The smallest absolute Gasteiger partial charge is 0.251 e. The molecule has 0 spiro atoms. The van der Waals surface area contributed by atoms with Gasteiger partial charge in [-0.15, -0.1) is 12.4 Å². The Morgan fingerprint density at radius 1 is 1.08 bits per heavy atom. The minimum Gasteiger partial charge on any atom is -0.399 e. The normalized spacial score (nSPS) is 20.6. The van der Waals surface area contributed by atoms with Gasteiger partial charge in [0.15, 0.2) is 0 Å². The molecule has 3 rings (SSSR count). The maximum atomic E-state index is 12.4. The van der Waals surface area contributed by atoms with Crippen LogP contribution in [0.5, 0.6) is 0 Å². The molecule has 0 aliphatic carbocycles. The number of hydrogen-bond acceptors (Lipinski definition) is 4. The fourth-order valence-electron chi connectivity index (χ4n) is 3.07. The third-order valence-electron chi connectivity index (χ3n) is 4.48. The summed E-state index contributed by atoms with van der Waals surface area (Å²) in [5.41, 5.74) is 7.31. The SMILES string of the molecule is Cl.Nc1ccc(CC(=O)N2CCN(C(=O)C3CCCO3)CC2)cc1. The topological polar surface area (TPSA) is 75.9 Å². The molecule has 6 nitrogen and oxygen atoms in total. The number of nitrogens with two attached hydrogens (primary N) is 1. The molecule has 2 saturated heterocycles. The van der Waals surface area contributed by atoms with Gasteiger partial charge < -0.3 is 20.3 Å². The van der Waals surface area contributed by atoms with Crippen LogP contribution in [0.3, 0.4) is 0 Å². The van der Waals surface area contributed by atoms with Crippen molar-refractivity contribution in [3.63, 3.8) is 0 Å². The van der Waals surface area contributed by atoms with E-state index in [1.807, 2.05) is 21.9 Å². The van der Waals surface area contributed by atoms with Gasteiger partial charge >= 0.3 is 0 Å². The largest absolute Gasteiger partial charge is 0.399 e. The highest BCUT2D eigenvalue weighted by atomic mass is 35.5. The number of nitrogen functional groups attached to an aromatic ring is 1. The van der Waals surface area contributed by atoms with E-state index in [0.717, 1.165) is 18.4 Å². The van der Waals surface area contributed by atoms with E-state index >= 15 is 0 Å². The molecule has 2 aliphatic heterocycles. The second-order valence-electron chi connectivity index (χ2n) is 6.13. The number of rotatable bonds is 3. The van der Waals surface area contributed by atoms with Crippen LogP contribution in [0.25, 0.3) is 0 Å². The van der Waals surface area contributed by atoms with Crippen LogP contribution in [0, 0.1) is 0 Å². The highest BCUT2D eigenvalue weighted by Crippen LogP contribution is 2.16. The summed E-state index contributed by atoms with van der Waals surface area (Å²) >= 11 is 0. The van der Waals surface area contributed by atoms with E-state index < -0.39 is 0 Å². The minimum absolute atomic E-state index is 0. The van der Waals surface area contributed by atoms with Crippen molar-refractivity contribution in [1.29, 1.82) is 0 Å². The first-order valence-electron chi connectivity index (χ1n) is 8.16. The summed E-state index contributed by atoms with van der Waals surface area (Å²) < 4.78 is 5.45. The number of piperazine rings is 1. The van der Waals surface area contributed by atoms with Crippen molar-refractivity contribution in [2.75, 3.05) is 38.5 Å². The number of hydrogen-bond donors (Lipinski definition) is 1. The maximum Gasteiger partial charge on any atom is 0.251 e. The Hall–Kier alpha value is -1.79. The van der Waals surface area contributed by atoms with Gasteiger partial charge in [0.1, 0.15) is 6.10 Å². The summed E-state index contributed by atoms with van der Waals surface area (Å²) in [7, 11) is 0. The monoisotopic (exact) mass is 353 g/mol. The molecule has 1 atom stereocenters. The van der Waals surface area contributed by atoms with Gasteiger partial charge in [-0.05, 0) is 30.5 Å². The predicted octanol–water partition coefficient (Wildman–Crippen LogP) is 1.08. The molecule has 2 aliphatic rings. The van der Waals surface area contributed by atoms with Crippen molar-refractivity contribution in [3.05, 3.63) is 29.8 Å². The van der Waals surface area contributed by atoms with Crippen LogP contribution >= 0.6 is 12.4 Å². The van der Waals surface area contributed by atoms with E-state index in [-0.39, 0.29) is 30.3 Å². The van der Waals surface area contributed by atoms with Crippen LogP contribution in [0.1, 0.15) is 18.4 Å². The molecule has 2 N–H and O–H groups in total. The molecule has 1 unspecified atom stereocenters. The maximum absolute atomic E-state index is 12.4. The lowest BCUT2D eigenvalue weighted by molar-refractivity contribution is -0.145. The molecule has 24 heavy (non-hydrogen) atoms. The van der Waals surface area contributed by atoms with Crippen LogP contribution in [-0.4, -0.2) is 60.5 Å². The Labute approximate surface area is 148 Å². The van der Waals surface area contributed by atoms with Crippen molar-refractivity contribution in [2.45, 2.75) is 25.4 Å². The molecule has 0 bridgehead atoms. The van der Waals surface area contributed by atoms with Gasteiger partial charge in [0.2, 0.25) is 5.91 Å². The lowest BCUT2D eigenvalue weighted by atomic mass is 10.1. The average Bonchev–Trinajstić information content (AvgIpc) is 3.11. The highest BCUT2D eigenvalue weighted by Gasteiger charge is 2.31. The number of ether oxygens (including phenoxy) is 1. The first-order valence-corrected chi connectivity index (χ1v) is 8.16. The number of benzene rings is 1. The van der Waals surface area contributed by atoms with E-state index in [9.17, 15) is 9.59 Å². The number of carbonyl (C=O) groups excluding carboxylic acids is 2. The third kappa shape index (κ3) is 4.39. The summed E-state index contributed by atoms with van der Waals surface area (Å²) in [6.07, 6.45) is 1.87. The summed E-state index contributed by atoms with van der Waals surface area (Å²) in [6, 6.07) is 7.37. The van der Waals surface area contributed by atoms with Crippen molar-refractivity contribution in [3.8, 4) is 0 Å². The first-order chi connectivity index (χ1) is 11.1. The van der Waals surface area contributed by atoms with Crippen LogP contribution in [0.4, 0.5) is 5.69 Å². The Bertz CT molecular complexity index is 565. The zero-order valence-corrected chi connectivity index (χ0v) is 14.5. The minimum atomic E-state index is -0.271. The van der Waals surface area contributed by atoms with Gasteiger partial charge in [-0.2, -0.15) is 0 Å². The lowest BCUT2D eigenvalue weighted by Crippen LogP contribution is -2.53. The van der Waals surface area contributed by atoms with E-state index in [1.54, 1.807) is 12.1 Å². The van der Waals surface area contributed by atoms with Crippen LogP contribution < -0.4 is 5.73 Å². The molecule has 1 aromatic rings. The number of amides is 2. The average molecular weight is 354 g/mol. The highest BCUT2D eigenvalue weighted by molar-refractivity contribution is 5.85. The quantitative estimate of drug-likeness (QED) is 0.825. The molecule has 0 aromatic heterocycles. The van der Waals surface area contributed by atoms with Crippen molar-refractivity contribution >= 4 is 29.9 Å². The molecule has 2 fully saturated rings. The van der Waals surface area contributed by atoms with Gasteiger partial charge in [0, 0.05) is 38.5 Å². The van der Waals surface area contributed by atoms with E-state index in [1.165, 1.54) is 0 Å². The Kier molecular flexibility index (Phi) is 6.45. The number of halogens is 1. The molecule has 0 saturated carbocycles. The Balaban J connectivity index is 0.00000208. The van der Waals surface area contributed by atoms with Gasteiger partial charge in [-0.3, -0.25) is 9.59 Å². The van der Waals surface area contributed by atoms with Crippen LogP contribution in [0.15, 0.2) is 24.3 Å². The second-order valence-corrected chi connectivity index (χ2v) is 6.13. The molecule has 1 aromatic carbocycles. The Morgan fingerprint density at radius 2 is 1.71 bits per heavy atom. The number of anilines is 1. The fraction of sp³-hybridized carbons (Fsp3) is 0.529. The van der Waals surface area contributed by atoms with Crippen molar-refractivity contribution in [2.24, 2.45) is 0 Å². The zero-order chi connectivity index (χ0) is 16.2. The Morgan fingerprint density at radius 3 is 2.29 bits per heavy atom. The molecular weight excluding hydrogens is 330 g/mol. The molecule has 7 heteroatoms. The first kappa shape index (κ1) is 18.5. The summed E-state index contributed by atoms with van der Waals surface area (Å²) in [6.45, 7) is 3.04. The van der Waals surface area contributed by atoms with Gasteiger partial charge in [0.25, 0.3) is 5.91 Å². The number of carbonyl (C=O) groups is 2. The molecule has 132 valence electrons. The summed E-state index contributed by atoms with van der Waals surface area (Å²) in [5.74, 6) is 0.173. The van der Waals surface area contributed by atoms with E-state index in [4.69, 9.17) is 10.5 Å². The van der Waals surface area contributed by atoms with Gasteiger partial charge in [-0.1, -0.05) is 12.1 Å². The van der Waals surface area contributed by atoms with Crippen molar-refractivity contribution in [1.82, 2.24) is 9.80 Å². The fourth-order valence-corrected chi connectivity index (χ4v) is 3.07. The second kappa shape index (κ2) is 8.35. The molecule has 0 radical (unpaired) electrons. The van der Waals surface area contributed by atoms with Crippen LogP contribution in [0.2, 0.25) is 0 Å². The summed E-state index contributed by atoms with van der Waals surface area (Å²) in [5, 5.41) is 0. The van der Waals surface area contributed by atoms with Gasteiger partial charge in [-0.25, -0.2) is 0 Å². The van der Waals surface area contributed by atoms with Gasteiger partial charge in [0.05, 0.1) is 6.42 Å². The summed E-state index contributed by atoms with van der Waals surface area (Å²) in [4.78, 5) is 28.3. The van der Waals surface area contributed by atoms with Crippen molar-refractivity contribution < 1.29 is 14.3 Å². The molecular formula is C17H24ClN3O3. The number of nitrogens with zero attached hydrogens (tertiary/aromatic N) is 2. The zero-order valence-electron chi connectivity index (χ0n) is 13.6. The third-order valence-corrected chi connectivity index (χ3v) is 4.48. The van der Waals surface area contributed by atoms with Crippen LogP contribution in [-0.2, 0) is 20.7 Å². The van der Waals surface area contributed by atoms with E-state index in [2.05, 4.69) is 0 Å². The lowest BCUT2D eigenvalue weighted by Gasteiger charge is -2.35. The standard InChI is InChI=1S/C17H23N3O3.ClH/c18-14-5-3-13(4-6-14)12-16(21)19-7-9-20(10-8-19)17(22)15-2-1-11-23-15;/h3-6,15H,1-2,7-12,18H2;1H. The van der Waals surface area contributed by atoms with E-state index in [0.29, 0.717) is 44.9 Å². The molecule has 2 heterocycles. The predicted molar refractivity (Wildman–Crippen MR) is 93.9 cm³/mol. The molecule has 2 amide bonds.